The number of alkyl carbamates (subject to hydrolysis) is 1. The fourth-order valence-corrected chi connectivity index (χ4v) is 1.75. The number of amides is 1. The smallest absolute Gasteiger partial charge is 0.408 e. The van der Waals surface area contributed by atoms with E-state index in [1.807, 2.05) is 5.32 Å². The minimum atomic E-state index is -3.25. The van der Waals surface area contributed by atoms with E-state index in [1.54, 1.807) is 0 Å². The number of carbonyl (C=O) groups is 1. The number of benzene rings is 1. The largest absolute Gasteiger partial charge is 0.508 e. The Hall–Kier alpha value is -2.05. The summed E-state index contributed by atoms with van der Waals surface area (Å²) in [7, 11) is 1.29. The van der Waals surface area contributed by atoms with E-state index in [9.17, 15) is 18.7 Å². The summed E-state index contributed by atoms with van der Waals surface area (Å²) in [6.45, 7) is -0.993. The molecule has 1 heterocycles. The zero-order valence-electron chi connectivity index (χ0n) is 9.44. The number of nitrogens with one attached hydrogen (secondary N) is 1. The second-order valence-corrected chi connectivity index (χ2v) is 3.84. The van der Waals surface area contributed by atoms with Crippen molar-refractivity contribution in [3.63, 3.8) is 0 Å². The third-order valence-electron chi connectivity index (χ3n) is 2.61. The van der Waals surface area contributed by atoms with Gasteiger partial charge in [0.05, 0.1) is 7.11 Å². The number of phenols is 1. The van der Waals surface area contributed by atoms with E-state index >= 15 is 0 Å². The van der Waals surface area contributed by atoms with Gasteiger partial charge in [0, 0.05) is 11.6 Å². The summed E-state index contributed by atoms with van der Waals surface area (Å²) < 4.78 is 36.5. The first-order chi connectivity index (χ1) is 8.44. The van der Waals surface area contributed by atoms with Gasteiger partial charge in [-0.25, -0.2) is 13.6 Å². The van der Waals surface area contributed by atoms with Crippen LogP contribution in [0.3, 0.4) is 0 Å². The van der Waals surface area contributed by atoms with E-state index in [2.05, 4.69) is 4.74 Å². The van der Waals surface area contributed by atoms with Gasteiger partial charge in [0.1, 0.15) is 17.5 Å². The first kappa shape index (κ1) is 12.4. The zero-order chi connectivity index (χ0) is 13.3. The van der Waals surface area contributed by atoms with Gasteiger partial charge in [-0.2, -0.15) is 0 Å². The number of ether oxygens (including phenoxy) is 2. The number of hydrogen-bond acceptors (Lipinski definition) is 4. The maximum atomic E-state index is 13.7. The van der Waals surface area contributed by atoms with Crippen molar-refractivity contribution in [3.8, 4) is 11.5 Å². The van der Waals surface area contributed by atoms with Gasteiger partial charge in [0.2, 0.25) is 0 Å². The molecule has 1 aliphatic heterocycles. The second-order valence-electron chi connectivity index (χ2n) is 3.84. The van der Waals surface area contributed by atoms with Gasteiger partial charge >= 0.3 is 12.0 Å². The lowest BCUT2D eigenvalue weighted by molar-refractivity contribution is -0.104. The number of halogens is 2. The van der Waals surface area contributed by atoms with Gasteiger partial charge in [0.15, 0.2) is 6.61 Å². The molecule has 1 fully saturated rings. The van der Waals surface area contributed by atoms with E-state index in [4.69, 9.17) is 4.74 Å². The molecule has 0 aliphatic carbocycles. The Morgan fingerprint density at radius 3 is 2.94 bits per heavy atom. The Kier molecular flexibility index (Phi) is 2.98. The highest BCUT2D eigenvalue weighted by Crippen LogP contribution is 2.39. The maximum absolute atomic E-state index is 13.7. The van der Waals surface area contributed by atoms with Crippen LogP contribution in [0.15, 0.2) is 18.2 Å². The molecule has 1 aromatic carbocycles. The summed E-state index contributed by atoms with van der Waals surface area (Å²) in [4.78, 5) is 11.0. The van der Waals surface area contributed by atoms with Crippen LogP contribution < -0.4 is 10.1 Å². The Morgan fingerprint density at radius 2 is 2.28 bits per heavy atom. The van der Waals surface area contributed by atoms with Gasteiger partial charge in [-0.15, -0.1) is 0 Å². The fraction of sp³-hybridized carbons (Fsp3) is 0.364. The van der Waals surface area contributed by atoms with Crippen LogP contribution in [0.2, 0.25) is 0 Å². The van der Waals surface area contributed by atoms with Crippen molar-refractivity contribution >= 4 is 6.09 Å². The summed E-state index contributed by atoms with van der Waals surface area (Å²) in [5.41, 5.74) is 0.0805. The fourth-order valence-electron chi connectivity index (χ4n) is 1.75. The van der Waals surface area contributed by atoms with Crippen molar-refractivity contribution in [2.45, 2.75) is 12.0 Å². The molecule has 1 atom stereocenters. The third-order valence-corrected chi connectivity index (χ3v) is 2.61. The number of aromatic hydroxyl groups is 1. The molecule has 0 saturated carbocycles. The first-order valence-corrected chi connectivity index (χ1v) is 5.12. The molecule has 1 aromatic rings. The van der Waals surface area contributed by atoms with Crippen molar-refractivity contribution in [1.82, 2.24) is 5.32 Å². The number of phenolic OH excluding ortho intramolecular Hbond substituents is 1. The minimum Gasteiger partial charge on any atom is -0.508 e. The Bertz CT molecular complexity index is 478. The number of methoxy groups -OCH3 is 1. The quantitative estimate of drug-likeness (QED) is 0.850. The van der Waals surface area contributed by atoms with Crippen LogP contribution in [-0.2, 0) is 4.74 Å². The molecule has 5 nitrogen and oxygen atoms in total. The first-order valence-electron chi connectivity index (χ1n) is 5.12. The molecule has 98 valence electrons. The van der Waals surface area contributed by atoms with Crippen LogP contribution in [0.4, 0.5) is 13.6 Å². The summed E-state index contributed by atoms with van der Waals surface area (Å²) in [6, 6.07) is 2.18. The third kappa shape index (κ3) is 2.15. The van der Waals surface area contributed by atoms with Gasteiger partial charge < -0.3 is 19.9 Å². The second kappa shape index (κ2) is 4.32. The molecule has 7 heteroatoms. The van der Waals surface area contributed by atoms with Crippen LogP contribution >= 0.6 is 0 Å². The van der Waals surface area contributed by atoms with Crippen molar-refractivity contribution in [2.24, 2.45) is 0 Å². The normalized spacial score (nSPS) is 21.9. The van der Waals surface area contributed by atoms with E-state index in [0.717, 1.165) is 0 Å². The average Bonchev–Trinajstić information content (AvgIpc) is 2.32. The van der Waals surface area contributed by atoms with Crippen LogP contribution in [0.1, 0.15) is 11.6 Å². The van der Waals surface area contributed by atoms with Crippen LogP contribution in [-0.4, -0.2) is 30.8 Å². The molecule has 2 N–H and O–H groups in total. The summed E-state index contributed by atoms with van der Waals surface area (Å²) >= 11 is 0. The van der Waals surface area contributed by atoms with Gasteiger partial charge in [-0.3, -0.25) is 0 Å². The number of alkyl halides is 2. The molecule has 0 spiro atoms. The lowest BCUT2D eigenvalue weighted by Gasteiger charge is -2.32. The van der Waals surface area contributed by atoms with Gasteiger partial charge in [-0.05, 0) is 12.1 Å². The lowest BCUT2D eigenvalue weighted by Crippen LogP contribution is -2.49. The maximum Gasteiger partial charge on any atom is 0.408 e. The number of carbonyl (C=O) groups excluding carboxylic acids is 1. The molecule has 1 saturated heterocycles. The summed E-state index contributed by atoms with van der Waals surface area (Å²) in [5, 5.41) is 11.3. The average molecular weight is 259 g/mol. The topological polar surface area (TPSA) is 67.8 Å². The Morgan fingerprint density at radius 1 is 1.56 bits per heavy atom. The molecule has 1 amide bonds. The monoisotopic (exact) mass is 259 g/mol. The highest BCUT2D eigenvalue weighted by Gasteiger charge is 2.47. The van der Waals surface area contributed by atoms with Gasteiger partial charge in [0.25, 0.3) is 0 Å². The van der Waals surface area contributed by atoms with Crippen LogP contribution in [0.25, 0.3) is 0 Å². The van der Waals surface area contributed by atoms with E-state index < -0.39 is 24.7 Å². The van der Waals surface area contributed by atoms with Crippen molar-refractivity contribution in [3.05, 3.63) is 23.8 Å². The molecule has 0 radical (unpaired) electrons. The highest BCUT2D eigenvalue weighted by atomic mass is 19.3. The number of rotatable bonds is 2. The predicted molar refractivity (Wildman–Crippen MR) is 56.8 cm³/mol. The van der Waals surface area contributed by atoms with Crippen molar-refractivity contribution in [2.75, 3.05) is 13.7 Å². The van der Waals surface area contributed by atoms with E-state index in [0.29, 0.717) is 0 Å². The SMILES string of the molecule is COc1cc(O)ccc1[C@H]1NC(=O)OCC1(F)F. The van der Waals surface area contributed by atoms with Gasteiger partial charge in [-0.1, -0.05) is 0 Å². The van der Waals surface area contributed by atoms with E-state index in [-0.39, 0.29) is 17.1 Å². The molecule has 18 heavy (non-hydrogen) atoms. The Balaban J connectivity index is 2.42. The predicted octanol–water partition coefficient (Wildman–Crippen LogP) is 1.82. The van der Waals surface area contributed by atoms with Crippen molar-refractivity contribution < 1.29 is 28.2 Å². The lowest BCUT2D eigenvalue weighted by atomic mass is 9.99. The molecule has 1 aliphatic rings. The van der Waals surface area contributed by atoms with Crippen LogP contribution in [0.5, 0.6) is 11.5 Å². The number of cyclic esters (lactones) is 1. The minimum absolute atomic E-state index is 0.0712. The summed E-state index contributed by atoms with van der Waals surface area (Å²) in [6.07, 6.45) is -0.916. The standard InChI is InChI=1S/C11H11F2NO4/c1-17-8-4-6(15)2-3-7(8)9-11(12,13)5-18-10(16)14-9/h2-4,9,15H,5H2,1H3,(H,14,16)/t9-/m1/s1. The van der Waals surface area contributed by atoms with E-state index in [1.165, 1.54) is 25.3 Å². The summed E-state index contributed by atoms with van der Waals surface area (Å²) in [5.74, 6) is -3.29. The molecule has 0 bridgehead atoms. The Labute approximate surface area is 101 Å². The molecule has 2 rings (SSSR count). The zero-order valence-corrected chi connectivity index (χ0v) is 9.44. The van der Waals surface area contributed by atoms with Crippen LogP contribution in [0, 0.1) is 0 Å². The highest BCUT2D eigenvalue weighted by molar-refractivity contribution is 5.69. The number of hydrogen-bond donors (Lipinski definition) is 2. The molecular formula is C11H11F2NO4. The molecule has 0 aromatic heterocycles. The molecule has 0 unspecified atom stereocenters. The molecular weight excluding hydrogens is 248 g/mol. The van der Waals surface area contributed by atoms with Crippen molar-refractivity contribution in [1.29, 1.82) is 0 Å².